The topological polar surface area (TPSA) is 45.7 Å². The van der Waals surface area contributed by atoms with E-state index in [0.717, 1.165) is 41.9 Å². The quantitative estimate of drug-likeness (QED) is 0.549. The van der Waals surface area contributed by atoms with E-state index in [0.29, 0.717) is 13.2 Å². The van der Waals surface area contributed by atoms with Gasteiger partial charge in [0.2, 0.25) is 0 Å². The zero-order valence-electron chi connectivity index (χ0n) is 17.3. The minimum absolute atomic E-state index is 0.00519. The second-order valence-electron chi connectivity index (χ2n) is 7.59. The summed E-state index contributed by atoms with van der Waals surface area (Å²) in [5, 5.41) is 0. The van der Waals surface area contributed by atoms with Crippen molar-refractivity contribution in [3.8, 4) is 0 Å². The van der Waals surface area contributed by atoms with Crippen LogP contribution in [-0.4, -0.2) is 29.6 Å². The fraction of sp³-hybridized carbons (Fsp3) is 0.280. The second-order valence-corrected chi connectivity index (χ2v) is 7.59. The van der Waals surface area contributed by atoms with Gasteiger partial charge in [0.05, 0.1) is 6.04 Å². The first kappa shape index (κ1) is 20.0. The van der Waals surface area contributed by atoms with E-state index in [1.807, 2.05) is 72.7 Å². The van der Waals surface area contributed by atoms with Gasteiger partial charge in [0.15, 0.2) is 0 Å². The average Bonchev–Trinajstić information content (AvgIpc) is 2.83. The van der Waals surface area contributed by atoms with Crippen LogP contribution in [0.5, 0.6) is 0 Å². The van der Waals surface area contributed by atoms with Crippen LogP contribution in [0.2, 0.25) is 0 Å². The molecule has 0 spiro atoms. The molecule has 0 aliphatic carbocycles. The number of carbonyl (C=O) groups is 1. The smallest absolute Gasteiger partial charge is 0.410 e. The van der Waals surface area contributed by atoms with Gasteiger partial charge in [-0.05, 0) is 48.6 Å². The van der Waals surface area contributed by atoms with Crippen LogP contribution in [0.1, 0.15) is 36.4 Å². The van der Waals surface area contributed by atoms with Crippen molar-refractivity contribution in [2.24, 2.45) is 0 Å². The highest BCUT2D eigenvalue weighted by Gasteiger charge is 2.29. The molecule has 0 bridgehead atoms. The van der Waals surface area contributed by atoms with Crippen LogP contribution < -0.4 is 4.90 Å². The lowest BCUT2D eigenvalue weighted by molar-refractivity contribution is 0.0678. The van der Waals surface area contributed by atoms with Gasteiger partial charge in [0.1, 0.15) is 12.4 Å². The number of nitrogens with zero attached hydrogens (tertiary/aromatic N) is 3. The van der Waals surface area contributed by atoms with Crippen LogP contribution >= 0.6 is 0 Å². The number of hydrogen-bond acceptors (Lipinski definition) is 4. The van der Waals surface area contributed by atoms with E-state index < -0.39 is 0 Å². The fourth-order valence-corrected chi connectivity index (χ4v) is 3.88. The summed E-state index contributed by atoms with van der Waals surface area (Å²) < 4.78 is 5.60. The van der Waals surface area contributed by atoms with Gasteiger partial charge in [-0.3, -0.25) is 0 Å². The largest absolute Gasteiger partial charge is 0.445 e. The highest BCUT2D eigenvalue weighted by molar-refractivity contribution is 5.68. The molecular weight excluding hydrogens is 374 g/mol. The van der Waals surface area contributed by atoms with Crippen LogP contribution in [0.4, 0.5) is 16.3 Å². The van der Waals surface area contributed by atoms with Crippen molar-refractivity contribution in [1.82, 2.24) is 9.88 Å². The van der Waals surface area contributed by atoms with Gasteiger partial charge >= 0.3 is 6.09 Å². The monoisotopic (exact) mass is 401 g/mol. The summed E-state index contributed by atoms with van der Waals surface area (Å²) in [5.41, 5.74) is 3.13. The maximum absolute atomic E-state index is 12.8. The van der Waals surface area contributed by atoms with E-state index in [9.17, 15) is 4.79 Å². The Bertz CT molecular complexity index is 945. The lowest BCUT2D eigenvalue weighted by atomic mass is 9.97. The molecule has 4 rings (SSSR count). The van der Waals surface area contributed by atoms with Crippen molar-refractivity contribution < 1.29 is 9.53 Å². The minimum atomic E-state index is -0.256. The summed E-state index contributed by atoms with van der Waals surface area (Å²) in [6, 6.07) is 24.0. The van der Waals surface area contributed by atoms with Crippen LogP contribution in [0.25, 0.3) is 0 Å². The van der Waals surface area contributed by atoms with Gasteiger partial charge in [0, 0.05) is 25.5 Å². The van der Waals surface area contributed by atoms with Crippen molar-refractivity contribution >= 4 is 17.6 Å². The molecule has 1 fully saturated rings. The molecule has 0 saturated carbocycles. The van der Waals surface area contributed by atoms with Crippen molar-refractivity contribution in [2.45, 2.75) is 31.9 Å². The standard InChI is InChI=1S/C25H27N3O2/c1-27(22-12-6-3-7-13-22)24-16-15-21(18-26-24)23-14-8-9-17-28(23)25(29)30-19-20-10-4-2-5-11-20/h2-7,10-13,15-16,18,23H,8-9,14,17,19H2,1H3. The summed E-state index contributed by atoms with van der Waals surface area (Å²) in [6.07, 6.45) is 4.66. The van der Waals surface area contributed by atoms with Crippen molar-refractivity contribution in [3.63, 3.8) is 0 Å². The predicted molar refractivity (Wildman–Crippen MR) is 119 cm³/mol. The van der Waals surface area contributed by atoms with E-state index in [2.05, 4.69) is 28.1 Å². The molecule has 1 atom stereocenters. The highest BCUT2D eigenvalue weighted by Crippen LogP contribution is 2.32. The molecule has 3 aromatic rings. The third-order valence-electron chi connectivity index (χ3n) is 5.59. The normalized spacial score (nSPS) is 16.2. The van der Waals surface area contributed by atoms with E-state index >= 15 is 0 Å². The number of pyridine rings is 1. The Hall–Kier alpha value is -3.34. The summed E-state index contributed by atoms with van der Waals surface area (Å²) in [4.78, 5) is 21.4. The Morgan fingerprint density at radius 1 is 1.03 bits per heavy atom. The predicted octanol–water partition coefficient (Wildman–Crippen LogP) is 5.71. The van der Waals surface area contributed by atoms with E-state index in [-0.39, 0.29) is 12.1 Å². The van der Waals surface area contributed by atoms with Gasteiger partial charge in [-0.1, -0.05) is 54.6 Å². The number of aromatic nitrogens is 1. The molecule has 5 nitrogen and oxygen atoms in total. The SMILES string of the molecule is CN(c1ccccc1)c1ccc(C2CCCCN2C(=O)OCc2ccccc2)cn1. The number of amides is 1. The lowest BCUT2D eigenvalue weighted by Gasteiger charge is -2.35. The Morgan fingerprint density at radius 3 is 2.47 bits per heavy atom. The van der Waals surface area contributed by atoms with E-state index in [4.69, 9.17) is 4.74 Å². The maximum atomic E-state index is 12.8. The molecule has 1 unspecified atom stereocenters. The van der Waals surface area contributed by atoms with Crippen LogP contribution in [-0.2, 0) is 11.3 Å². The van der Waals surface area contributed by atoms with Crippen molar-refractivity contribution in [1.29, 1.82) is 0 Å². The molecule has 1 aromatic heterocycles. The van der Waals surface area contributed by atoms with Gasteiger partial charge in [-0.25, -0.2) is 9.78 Å². The van der Waals surface area contributed by atoms with E-state index in [1.54, 1.807) is 0 Å². The van der Waals surface area contributed by atoms with Crippen molar-refractivity contribution in [2.75, 3.05) is 18.5 Å². The number of rotatable bonds is 5. The molecule has 0 radical (unpaired) electrons. The average molecular weight is 402 g/mol. The third kappa shape index (κ3) is 4.62. The molecule has 1 aliphatic rings. The molecular formula is C25H27N3O2. The summed E-state index contributed by atoms with van der Waals surface area (Å²) in [6.45, 7) is 1.01. The number of likely N-dealkylation sites (tertiary alicyclic amines) is 1. The number of piperidine rings is 1. The molecule has 154 valence electrons. The second kappa shape index (κ2) is 9.44. The first-order valence-electron chi connectivity index (χ1n) is 10.4. The highest BCUT2D eigenvalue weighted by atomic mass is 16.6. The molecule has 0 N–H and O–H groups in total. The number of carbonyl (C=O) groups excluding carboxylic acids is 1. The molecule has 1 saturated heterocycles. The summed E-state index contributed by atoms with van der Waals surface area (Å²) >= 11 is 0. The van der Waals surface area contributed by atoms with Gasteiger partial charge in [-0.15, -0.1) is 0 Å². The number of benzene rings is 2. The van der Waals surface area contributed by atoms with Crippen LogP contribution in [0.3, 0.4) is 0 Å². The van der Waals surface area contributed by atoms with Crippen molar-refractivity contribution in [3.05, 3.63) is 90.1 Å². The Kier molecular flexibility index (Phi) is 6.28. The minimum Gasteiger partial charge on any atom is -0.445 e. The van der Waals surface area contributed by atoms with E-state index in [1.165, 1.54) is 0 Å². The number of hydrogen-bond donors (Lipinski definition) is 0. The first-order chi connectivity index (χ1) is 14.7. The summed E-state index contributed by atoms with van der Waals surface area (Å²) in [5.74, 6) is 0.874. The molecule has 30 heavy (non-hydrogen) atoms. The first-order valence-corrected chi connectivity index (χ1v) is 10.4. The Balaban J connectivity index is 1.45. The third-order valence-corrected chi connectivity index (χ3v) is 5.59. The number of anilines is 2. The maximum Gasteiger partial charge on any atom is 0.410 e. The molecule has 5 heteroatoms. The Morgan fingerprint density at radius 2 is 1.77 bits per heavy atom. The lowest BCUT2D eigenvalue weighted by Crippen LogP contribution is -2.38. The number of para-hydroxylation sites is 1. The van der Waals surface area contributed by atoms with Gasteiger partial charge in [0.25, 0.3) is 0 Å². The van der Waals surface area contributed by atoms with Crippen LogP contribution in [0.15, 0.2) is 79.0 Å². The fourth-order valence-electron chi connectivity index (χ4n) is 3.88. The van der Waals surface area contributed by atoms with Crippen LogP contribution in [0, 0.1) is 0 Å². The van der Waals surface area contributed by atoms with Gasteiger partial charge < -0.3 is 14.5 Å². The molecule has 1 aliphatic heterocycles. The van der Waals surface area contributed by atoms with Gasteiger partial charge in [-0.2, -0.15) is 0 Å². The molecule has 1 amide bonds. The Labute approximate surface area is 177 Å². The zero-order valence-corrected chi connectivity index (χ0v) is 17.3. The molecule has 2 aromatic carbocycles. The number of ether oxygens (including phenoxy) is 1. The summed E-state index contributed by atoms with van der Waals surface area (Å²) in [7, 11) is 2.01. The zero-order chi connectivity index (χ0) is 20.8. The molecule has 2 heterocycles.